The molecule has 19 heavy (non-hydrogen) atoms. The van der Waals surface area contributed by atoms with Gasteiger partial charge in [0.1, 0.15) is 0 Å². The van der Waals surface area contributed by atoms with E-state index in [-0.39, 0.29) is 17.4 Å². The third kappa shape index (κ3) is 2.63. The van der Waals surface area contributed by atoms with Crippen molar-refractivity contribution >= 4 is 29.2 Å². The summed E-state index contributed by atoms with van der Waals surface area (Å²) in [5.74, 6) is -0.355. The Morgan fingerprint density at radius 1 is 1.58 bits per heavy atom. The summed E-state index contributed by atoms with van der Waals surface area (Å²) in [4.78, 5) is 25.1. The Labute approximate surface area is 116 Å². The van der Waals surface area contributed by atoms with Crippen molar-refractivity contribution in [1.29, 1.82) is 0 Å². The molecule has 0 N–H and O–H groups in total. The molecular formula is C14H14ClNO3. The maximum atomic E-state index is 11.9. The summed E-state index contributed by atoms with van der Waals surface area (Å²) >= 11 is 5.95. The van der Waals surface area contributed by atoms with E-state index in [1.165, 1.54) is 7.11 Å². The Bertz CT molecular complexity index is 541. The summed E-state index contributed by atoms with van der Waals surface area (Å²) in [6.45, 7) is 4.28. The Kier molecular flexibility index (Phi) is 3.90. The van der Waals surface area contributed by atoms with Gasteiger partial charge in [-0.1, -0.05) is 17.7 Å². The van der Waals surface area contributed by atoms with Crippen molar-refractivity contribution in [2.45, 2.75) is 6.42 Å². The molecule has 0 aromatic heterocycles. The van der Waals surface area contributed by atoms with Crippen LogP contribution < -0.4 is 4.90 Å². The summed E-state index contributed by atoms with van der Waals surface area (Å²) in [7, 11) is 1.29. The number of carbonyl (C=O) groups excluding carboxylic acids is 2. The lowest BCUT2D eigenvalue weighted by Crippen LogP contribution is -2.24. The van der Waals surface area contributed by atoms with Crippen LogP contribution in [0.15, 0.2) is 30.9 Å². The van der Waals surface area contributed by atoms with Crippen LogP contribution in [0.5, 0.6) is 0 Å². The first-order valence-corrected chi connectivity index (χ1v) is 6.25. The number of nitrogens with zero attached hydrogens (tertiary/aromatic N) is 1. The van der Waals surface area contributed by atoms with Gasteiger partial charge in [0.25, 0.3) is 0 Å². The molecule has 0 bridgehead atoms. The van der Waals surface area contributed by atoms with Crippen LogP contribution in [0.25, 0.3) is 0 Å². The number of carbonyl (C=O) groups is 2. The van der Waals surface area contributed by atoms with E-state index in [2.05, 4.69) is 11.3 Å². The van der Waals surface area contributed by atoms with Crippen molar-refractivity contribution < 1.29 is 14.3 Å². The lowest BCUT2D eigenvalue weighted by molar-refractivity contribution is -0.117. The van der Waals surface area contributed by atoms with Crippen LogP contribution in [0.4, 0.5) is 5.69 Å². The zero-order chi connectivity index (χ0) is 14.0. The van der Waals surface area contributed by atoms with Crippen molar-refractivity contribution in [2.24, 2.45) is 5.92 Å². The van der Waals surface area contributed by atoms with Gasteiger partial charge >= 0.3 is 5.97 Å². The van der Waals surface area contributed by atoms with Gasteiger partial charge < -0.3 is 9.64 Å². The molecule has 0 saturated carbocycles. The first-order chi connectivity index (χ1) is 9.06. The molecule has 1 unspecified atom stereocenters. The summed E-state index contributed by atoms with van der Waals surface area (Å²) in [6, 6.07) is 4.90. The van der Waals surface area contributed by atoms with Crippen molar-refractivity contribution in [1.82, 2.24) is 0 Å². The fourth-order valence-corrected chi connectivity index (χ4v) is 2.28. The number of rotatable bonds is 3. The number of esters is 1. The zero-order valence-corrected chi connectivity index (χ0v) is 11.3. The molecule has 4 nitrogen and oxygen atoms in total. The molecule has 1 aliphatic heterocycles. The zero-order valence-electron chi connectivity index (χ0n) is 10.6. The van der Waals surface area contributed by atoms with Gasteiger partial charge in [0, 0.05) is 24.6 Å². The lowest BCUT2D eigenvalue weighted by Gasteiger charge is -2.17. The lowest BCUT2D eigenvalue weighted by atomic mass is 10.1. The minimum atomic E-state index is -0.515. The minimum Gasteiger partial charge on any atom is -0.465 e. The number of halogens is 1. The molecule has 1 amide bonds. The van der Waals surface area contributed by atoms with Crippen LogP contribution in [0.2, 0.25) is 5.02 Å². The van der Waals surface area contributed by atoms with E-state index in [1.807, 2.05) is 0 Å². The predicted molar refractivity (Wildman–Crippen MR) is 73.4 cm³/mol. The molecule has 1 heterocycles. The second-order valence-corrected chi connectivity index (χ2v) is 4.77. The van der Waals surface area contributed by atoms with E-state index in [0.29, 0.717) is 23.7 Å². The van der Waals surface area contributed by atoms with Crippen LogP contribution >= 0.6 is 11.6 Å². The molecule has 1 fully saturated rings. The first kappa shape index (κ1) is 13.6. The third-order valence-corrected chi connectivity index (χ3v) is 3.48. The van der Waals surface area contributed by atoms with Gasteiger partial charge in [0.15, 0.2) is 0 Å². The summed E-state index contributed by atoms with van der Waals surface area (Å²) in [6.07, 6.45) is 2.22. The monoisotopic (exact) mass is 279 g/mol. The normalized spacial score (nSPS) is 18.5. The maximum Gasteiger partial charge on any atom is 0.339 e. The maximum absolute atomic E-state index is 11.9. The number of benzene rings is 1. The van der Waals surface area contributed by atoms with Gasteiger partial charge in [-0.15, -0.1) is 6.58 Å². The molecule has 1 aromatic rings. The van der Waals surface area contributed by atoms with E-state index in [1.54, 1.807) is 29.2 Å². The molecule has 0 aliphatic carbocycles. The van der Waals surface area contributed by atoms with Crippen LogP contribution in [-0.4, -0.2) is 25.5 Å². The van der Waals surface area contributed by atoms with Crippen LogP contribution in [-0.2, 0) is 9.53 Å². The first-order valence-electron chi connectivity index (χ1n) is 5.87. The fourth-order valence-electron chi connectivity index (χ4n) is 2.09. The largest absolute Gasteiger partial charge is 0.465 e. The summed E-state index contributed by atoms with van der Waals surface area (Å²) in [5, 5.41) is 0.308. The molecule has 100 valence electrons. The number of anilines is 1. The number of hydrogen-bond acceptors (Lipinski definition) is 3. The highest BCUT2D eigenvalue weighted by molar-refractivity contribution is 6.33. The average molecular weight is 280 g/mol. The van der Waals surface area contributed by atoms with E-state index >= 15 is 0 Å². The van der Waals surface area contributed by atoms with Gasteiger partial charge in [0.05, 0.1) is 17.7 Å². The second-order valence-electron chi connectivity index (χ2n) is 4.36. The van der Waals surface area contributed by atoms with Crippen LogP contribution in [0, 0.1) is 5.92 Å². The van der Waals surface area contributed by atoms with Gasteiger partial charge in [-0.25, -0.2) is 4.79 Å². The molecule has 1 saturated heterocycles. The third-order valence-electron chi connectivity index (χ3n) is 3.16. The van der Waals surface area contributed by atoms with Crippen molar-refractivity contribution in [3.63, 3.8) is 0 Å². The van der Waals surface area contributed by atoms with Gasteiger partial charge in [-0.05, 0) is 18.2 Å². The molecule has 1 aliphatic rings. The van der Waals surface area contributed by atoms with E-state index in [9.17, 15) is 9.59 Å². The van der Waals surface area contributed by atoms with Crippen molar-refractivity contribution in [3.05, 3.63) is 41.4 Å². The molecule has 0 spiro atoms. The van der Waals surface area contributed by atoms with Crippen molar-refractivity contribution in [2.75, 3.05) is 18.6 Å². The number of methoxy groups -OCH3 is 1. The average Bonchev–Trinajstić information content (AvgIpc) is 2.80. The minimum absolute atomic E-state index is 0.0167. The highest BCUT2D eigenvalue weighted by atomic mass is 35.5. The molecular weight excluding hydrogens is 266 g/mol. The van der Waals surface area contributed by atoms with Crippen molar-refractivity contribution in [3.8, 4) is 0 Å². The highest BCUT2D eigenvalue weighted by Crippen LogP contribution is 2.29. The fraction of sp³-hybridized carbons (Fsp3) is 0.286. The van der Waals surface area contributed by atoms with Crippen LogP contribution in [0.3, 0.4) is 0 Å². The number of hydrogen-bond donors (Lipinski definition) is 0. The summed E-state index contributed by atoms with van der Waals surface area (Å²) < 4.78 is 4.66. The van der Waals surface area contributed by atoms with Gasteiger partial charge in [0.2, 0.25) is 5.91 Å². The van der Waals surface area contributed by atoms with E-state index in [0.717, 1.165) is 0 Å². The Morgan fingerprint density at radius 2 is 2.32 bits per heavy atom. The SMILES string of the molecule is C=CC1CC(=O)N(c2ccc(Cl)c(C(=O)OC)c2)C1. The quantitative estimate of drug-likeness (QED) is 0.631. The Balaban J connectivity index is 2.33. The molecule has 0 radical (unpaired) electrons. The molecule has 2 rings (SSSR count). The number of amides is 1. The van der Waals surface area contributed by atoms with Gasteiger partial charge in [-0.3, -0.25) is 4.79 Å². The summed E-state index contributed by atoms with van der Waals surface area (Å²) in [5.41, 5.74) is 0.913. The molecule has 5 heteroatoms. The Morgan fingerprint density at radius 3 is 2.89 bits per heavy atom. The standard InChI is InChI=1S/C14H14ClNO3/c1-3-9-6-13(17)16(8-9)10-4-5-12(15)11(7-10)14(18)19-2/h3-5,7,9H,1,6,8H2,2H3. The molecule has 1 atom stereocenters. The van der Waals surface area contributed by atoms with Crippen LogP contribution in [0.1, 0.15) is 16.8 Å². The van der Waals surface area contributed by atoms with Gasteiger partial charge in [-0.2, -0.15) is 0 Å². The van der Waals surface area contributed by atoms with E-state index in [4.69, 9.17) is 11.6 Å². The van der Waals surface area contributed by atoms with E-state index < -0.39 is 5.97 Å². The topological polar surface area (TPSA) is 46.6 Å². The smallest absolute Gasteiger partial charge is 0.339 e. The highest BCUT2D eigenvalue weighted by Gasteiger charge is 2.29. The number of ether oxygens (including phenoxy) is 1. The predicted octanol–water partition coefficient (Wildman–Crippen LogP) is 2.67. The molecule has 1 aromatic carbocycles. The second kappa shape index (κ2) is 5.45. The Hall–Kier alpha value is -1.81.